The van der Waals surface area contributed by atoms with Crippen LogP contribution in [0.1, 0.15) is 10.4 Å². The highest BCUT2D eigenvalue weighted by Gasteiger charge is 2.12. The first kappa shape index (κ1) is 8.90. The van der Waals surface area contributed by atoms with Gasteiger partial charge in [-0.15, -0.1) is 0 Å². The summed E-state index contributed by atoms with van der Waals surface area (Å²) in [4.78, 5) is 15.5. The van der Waals surface area contributed by atoms with Gasteiger partial charge >= 0.3 is 0 Å². The van der Waals surface area contributed by atoms with Crippen LogP contribution >= 0.6 is 11.6 Å². The Hall–Kier alpha value is -1.68. The molecule has 0 radical (unpaired) electrons. The summed E-state index contributed by atoms with van der Waals surface area (Å²) in [6.07, 6.45) is 4.62. The molecule has 0 amide bonds. The van der Waals surface area contributed by atoms with E-state index in [4.69, 9.17) is 11.6 Å². The molecule has 2 aromatic rings. The molecule has 0 saturated heterocycles. The molecule has 14 heavy (non-hydrogen) atoms. The van der Waals surface area contributed by atoms with Gasteiger partial charge in [-0.2, -0.15) is 5.10 Å². The fourth-order valence-corrected chi connectivity index (χ4v) is 1.26. The van der Waals surface area contributed by atoms with Crippen molar-refractivity contribution in [3.63, 3.8) is 0 Å². The van der Waals surface area contributed by atoms with Gasteiger partial charge in [-0.3, -0.25) is 4.79 Å². The predicted octanol–water partition coefficient (Wildman–Crippen LogP) is 1.62. The van der Waals surface area contributed by atoms with E-state index >= 15 is 0 Å². The van der Waals surface area contributed by atoms with Crippen molar-refractivity contribution in [3.8, 4) is 0 Å². The first-order chi connectivity index (χ1) is 6.79. The highest BCUT2D eigenvalue weighted by molar-refractivity contribution is 6.32. The van der Waals surface area contributed by atoms with E-state index in [1.807, 2.05) is 0 Å². The summed E-state index contributed by atoms with van der Waals surface area (Å²) in [6.45, 7) is 0. The maximum atomic E-state index is 11.7. The number of hydrogen-bond donors (Lipinski definition) is 0. The van der Waals surface area contributed by atoms with Gasteiger partial charge in [-0.05, 0) is 18.2 Å². The maximum Gasteiger partial charge on any atom is 0.281 e. The molecule has 0 atom stereocenters. The molecular weight excluding hydrogens is 202 g/mol. The molecule has 2 heterocycles. The van der Waals surface area contributed by atoms with Gasteiger partial charge in [0.2, 0.25) is 0 Å². The minimum absolute atomic E-state index is 0.188. The minimum atomic E-state index is -0.284. The fraction of sp³-hybridized carbons (Fsp3) is 0. The second kappa shape index (κ2) is 3.59. The van der Waals surface area contributed by atoms with Crippen LogP contribution in [0, 0.1) is 0 Å². The van der Waals surface area contributed by atoms with E-state index in [2.05, 4.69) is 10.1 Å². The molecule has 0 unspecified atom stereocenters. The van der Waals surface area contributed by atoms with Crippen LogP contribution in [0.5, 0.6) is 0 Å². The molecule has 5 heteroatoms. The Morgan fingerprint density at radius 1 is 1.36 bits per heavy atom. The van der Waals surface area contributed by atoms with E-state index in [0.29, 0.717) is 5.56 Å². The number of hydrogen-bond acceptors (Lipinski definition) is 3. The van der Waals surface area contributed by atoms with E-state index in [-0.39, 0.29) is 11.1 Å². The predicted molar refractivity (Wildman–Crippen MR) is 51.2 cm³/mol. The van der Waals surface area contributed by atoms with Crippen molar-refractivity contribution in [3.05, 3.63) is 47.5 Å². The Balaban J connectivity index is 2.42. The first-order valence-electron chi connectivity index (χ1n) is 3.94. The van der Waals surface area contributed by atoms with Crippen LogP contribution in [0.3, 0.4) is 0 Å². The molecule has 0 aliphatic carbocycles. The lowest BCUT2D eigenvalue weighted by atomic mass is 10.3. The number of nitrogens with zero attached hydrogens (tertiary/aromatic N) is 3. The number of pyridine rings is 1. The normalized spacial score (nSPS) is 10.1. The monoisotopic (exact) mass is 207 g/mol. The molecule has 0 fully saturated rings. The van der Waals surface area contributed by atoms with Crippen LogP contribution < -0.4 is 0 Å². The fourth-order valence-electron chi connectivity index (χ4n) is 1.06. The van der Waals surface area contributed by atoms with Crippen molar-refractivity contribution in [2.45, 2.75) is 0 Å². The smallest absolute Gasteiger partial charge is 0.267 e. The Morgan fingerprint density at radius 2 is 2.21 bits per heavy atom. The maximum absolute atomic E-state index is 11.7. The highest BCUT2D eigenvalue weighted by Crippen LogP contribution is 2.12. The Labute approximate surface area is 85.1 Å². The van der Waals surface area contributed by atoms with Crippen molar-refractivity contribution < 1.29 is 4.79 Å². The zero-order valence-corrected chi connectivity index (χ0v) is 7.85. The molecule has 0 aliphatic heterocycles. The van der Waals surface area contributed by atoms with Crippen LogP contribution in [0.4, 0.5) is 0 Å². The molecule has 2 aromatic heterocycles. The van der Waals surface area contributed by atoms with Gasteiger partial charge in [0.05, 0.1) is 5.56 Å². The summed E-state index contributed by atoms with van der Waals surface area (Å²) >= 11 is 5.76. The average Bonchev–Trinajstić information content (AvgIpc) is 2.70. The van der Waals surface area contributed by atoms with Gasteiger partial charge in [0.15, 0.2) is 0 Å². The van der Waals surface area contributed by atoms with Gasteiger partial charge in [0, 0.05) is 18.6 Å². The quantitative estimate of drug-likeness (QED) is 0.668. The lowest BCUT2D eigenvalue weighted by molar-refractivity contribution is 0.0945. The van der Waals surface area contributed by atoms with Crippen molar-refractivity contribution in [1.29, 1.82) is 0 Å². The Kier molecular flexibility index (Phi) is 2.28. The van der Waals surface area contributed by atoms with Gasteiger partial charge in [0.25, 0.3) is 5.91 Å². The van der Waals surface area contributed by atoms with E-state index in [1.165, 1.54) is 17.1 Å². The molecule has 4 nitrogen and oxygen atoms in total. The van der Waals surface area contributed by atoms with Crippen LogP contribution in [-0.4, -0.2) is 20.7 Å². The number of aromatic nitrogens is 3. The molecule has 0 spiro atoms. The van der Waals surface area contributed by atoms with Crippen LogP contribution in [-0.2, 0) is 0 Å². The van der Waals surface area contributed by atoms with Crippen molar-refractivity contribution in [1.82, 2.24) is 14.8 Å². The third kappa shape index (κ3) is 1.52. The van der Waals surface area contributed by atoms with E-state index < -0.39 is 0 Å². The SMILES string of the molecule is O=C(c1cccnc1Cl)n1cccn1. The molecule has 70 valence electrons. The third-order valence-electron chi connectivity index (χ3n) is 1.70. The van der Waals surface area contributed by atoms with Crippen LogP contribution in [0.15, 0.2) is 36.8 Å². The lowest BCUT2D eigenvalue weighted by Crippen LogP contribution is -2.13. The average molecular weight is 208 g/mol. The van der Waals surface area contributed by atoms with Crippen LogP contribution in [0.2, 0.25) is 5.15 Å². The summed E-state index contributed by atoms with van der Waals surface area (Å²) in [5.41, 5.74) is 0.345. The van der Waals surface area contributed by atoms with Crippen molar-refractivity contribution in [2.24, 2.45) is 0 Å². The van der Waals surface area contributed by atoms with Crippen LogP contribution in [0.25, 0.3) is 0 Å². The van der Waals surface area contributed by atoms with Gasteiger partial charge < -0.3 is 0 Å². The number of halogens is 1. The second-order valence-electron chi connectivity index (χ2n) is 2.60. The van der Waals surface area contributed by atoms with Gasteiger partial charge in [0.1, 0.15) is 5.15 Å². The molecule has 2 rings (SSSR count). The topological polar surface area (TPSA) is 47.8 Å². The summed E-state index contributed by atoms with van der Waals surface area (Å²) < 4.78 is 1.21. The molecular formula is C9H6ClN3O. The summed E-state index contributed by atoms with van der Waals surface area (Å²) in [5, 5.41) is 4.00. The molecule has 0 aliphatic rings. The van der Waals surface area contributed by atoms with E-state index in [1.54, 1.807) is 24.4 Å². The zero-order chi connectivity index (χ0) is 9.97. The minimum Gasteiger partial charge on any atom is -0.267 e. The van der Waals surface area contributed by atoms with Crippen molar-refractivity contribution in [2.75, 3.05) is 0 Å². The summed E-state index contributed by atoms with van der Waals surface area (Å²) in [5.74, 6) is -0.284. The molecule has 0 bridgehead atoms. The molecule has 0 N–H and O–H groups in total. The summed E-state index contributed by atoms with van der Waals surface area (Å²) in [6, 6.07) is 4.93. The summed E-state index contributed by atoms with van der Waals surface area (Å²) in [7, 11) is 0. The largest absolute Gasteiger partial charge is 0.281 e. The Bertz CT molecular complexity index is 453. The lowest BCUT2D eigenvalue weighted by Gasteiger charge is -2.00. The number of rotatable bonds is 1. The molecule has 0 aromatic carbocycles. The number of carbonyl (C=O) groups is 1. The Morgan fingerprint density at radius 3 is 2.86 bits per heavy atom. The second-order valence-corrected chi connectivity index (χ2v) is 2.96. The first-order valence-corrected chi connectivity index (χ1v) is 4.31. The van der Waals surface area contributed by atoms with Crippen molar-refractivity contribution >= 4 is 17.5 Å². The standard InChI is InChI=1S/C9H6ClN3O/c10-8-7(3-1-4-11-8)9(14)13-6-2-5-12-13/h1-6H. The zero-order valence-electron chi connectivity index (χ0n) is 7.09. The van der Waals surface area contributed by atoms with E-state index in [9.17, 15) is 4.79 Å². The van der Waals surface area contributed by atoms with Gasteiger partial charge in [-0.25, -0.2) is 9.67 Å². The third-order valence-corrected chi connectivity index (χ3v) is 2.00. The number of carbonyl (C=O) groups excluding carboxylic acids is 1. The highest BCUT2D eigenvalue weighted by atomic mass is 35.5. The van der Waals surface area contributed by atoms with E-state index in [0.717, 1.165) is 0 Å². The molecule has 0 saturated carbocycles. The van der Waals surface area contributed by atoms with Gasteiger partial charge in [-0.1, -0.05) is 11.6 Å².